The van der Waals surface area contributed by atoms with Crippen molar-refractivity contribution in [1.82, 2.24) is 0 Å². The Kier molecular flexibility index (Phi) is 4.67. The first-order valence-corrected chi connectivity index (χ1v) is 7.76. The summed E-state index contributed by atoms with van der Waals surface area (Å²) < 4.78 is 33.6. The number of para-hydroxylation sites is 1. The molecule has 2 aromatic carbocycles. The summed E-state index contributed by atoms with van der Waals surface area (Å²) in [6.07, 6.45) is 0. The minimum Gasteiger partial charge on any atom is -0.451 e. The summed E-state index contributed by atoms with van der Waals surface area (Å²) in [6.45, 7) is 6.07. The van der Waals surface area contributed by atoms with Gasteiger partial charge in [-0.05, 0) is 29.2 Å². The molecule has 0 radical (unpaired) electrons. The predicted octanol–water partition coefficient (Wildman–Crippen LogP) is 5.95. The third-order valence-corrected chi connectivity index (χ3v) is 3.77. The molecule has 0 N–H and O–H groups in total. The molecule has 0 fully saturated rings. The number of benzene rings is 2. The molecule has 0 heterocycles. The molecular weight excluding hydrogens is 338 g/mol. The summed E-state index contributed by atoms with van der Waals surface area (Å²) in [5.74, 6) is -1.30. The van der Waals surface area contributed by atoms with E-state index in [0.717, 1.165) is 5.56 Å². The van der Waals surface area contributed by atoms with Gasteiger partial charge in [0.15, 0.2) is 17.4 Å². The topological polar surface area (TPSA) is 9.23 Å². The zero-order chi connectivity index (χ0) is 15.6. The lowest BCUT2D eigenvalue weighted by molar-refractivity contribution is 0.395. The Morgan fingerprint density at radius 3 is 2.14 bits per heavy atom. The molecular formula is C17H17BrF2O. The zero-order valence-electron chi connectivity index (χ0n) is 12.2. The third kappa shape index (κ3) is 3.62. The molecule has 0 aliphatic heterocycles. The van der Waals surface area contributed by atoms with Crippen molar-refractivity contribution in [1.29, 1.82) is 0 Å². The number of ether oxygens (including phenoxy) is 1. The van der Waals surface area contributed by atoms with E-state index in [0.29, 0.717) is 16.6 Å². The summed E-state index contributed by atoms with van der Waals surface area (Å²) in [7, 11) is 0. The quantitative estimate of drug-likeness (QED) is 0.618. The molecule has 1 nitrogen and oxygen atoms in total. The molecule has 0 amide bonds. The maximum Gasteiger partial charge on any atom is 0.198 e. The van der Waals surface area contributed by atoms with Crippen LogP contribution in [-0.2, 0) is 10.7 Å². The standard InChI is InChI=1S/C17H17BrF2O/c1-17(2,3)12-6-4-5-7-15(12)21-16-13(19)8-11(10-18)9-14(16)20/h4-9H,10H2,1-3H3. The van der Waals surface area contributed by atoms with Crippen LogP contribution in [0.2, 0.25) is 0 Å². The minimum absolute atomic E-state index is 0.181. The zero-order valence-corrected chi connectivity index (χ0v) is 13.8. The number of halogens is 3. The second-order valence-corrected chi connectivity index (χ2v) is 6.43. The van der Waals surface area contributed by atoms with Crippen LogP contribution in [0.1, 0.15) is 31.9 Å². The van der Waals surface area contributed by atoms with E-state index in [1.165, 1.54) is 12.1 Å². The van der Waals surface area contributed by atoms with Gasteiger partial charge in [-0.3, -0.25) is 0 Å². The number of alkyl halides is 1. The molecule has 0 saturated heterocycles. The molecule has 0 saturated carbocycles. The molecule has 2 rings (SSSR count). The van der Waals surface area contributed by atoms with Crippen LogP contribution in [0.4, 0.5) is 8.78 Å². The molecule has 0 bridgehead atoms. The van der Waals surface area contributed by atoms with Gasteiger partial charge in [0.05, 0.1) is 0 Å². The van der Waals surface area contributed by atoms with Crippen LogP contribution >= 0.6 is 15.9 Å². The van der Waals surface area contributed by atoms with Crippen molar-refractivity contribution >= 4 is 15.9 Å². The Balaban J connectivity index is 2.44. The van der Waals surface area contributed by atoms with Gasteiger partial charge in [-0.2, -0.15) is 0 Å². The van der Waals surface area contributed by atoms with Crippen molar-refractivity contribution < 1.29 is 13.5 Å². The highest BCUT2D eigenvalue weighted by Gasteiger charge is 2.21. The van der Waals surface area contributed by atoms with Gasteiger partial charge in [-0.1, -0.05) is 54.9 Å². The molecule has 0 aromatic heterocycles. The van der Waals surface area contributed by atoms with E-state index in [2.05, 4.69) is 15.9 Å². The van der Waals surface area contributed by atoms with Crippen LogP contribution in [-0.4, -0.2) is 0 Å². The molecule has 2 aromatic rings. The van der Waals surface area contributed by atoms with Gasteiger partial charge in [0.2, 0.25) is 0 Å². The SMILES string of the molecule is CC(C)(C)c1ccccc1Oc1c(F)cc(CBr)cc1F. The van der Waals surface area contributed by atoms with E-state index in [1.807, 2.05) is 32.9 Å². The van der Waals surface area contributed by atoms with E-state index < -0.39 is 11.6 Å². The lowest BCUT2D eigenvalue weighted by atomic mass is 9.86. The molecule has 0 atom stereocenters. The molecule has 21 heavy (non-hydrogen) atoms. The van der Waals surface area contributed by atoms with E-state index in [1.54, 1.807) is 12.1 Å². The number of hydrogen-bond donors (Lipinski definition) is 0. The first-order valence-electron chi connectivity index (χ1n) is 6.64. The smallest absolute Gasteiger partial charge is 0.198 e. The lowest BCUT2D eigenvalue weighted by Gasteiger charge is -2.22. The maximum atomic E-state index is 14.0. The van der Waals surface area contributed by atoms with Crippen molar-refractivity contribution in [3.63, 3.8) is 0 Å². The van der Waals surface area contributed by atoms with Crippen LogP contribution < -0.4 is 4.74 Å². The Hall–Kier alpha value is -1.42. The molecule has 4 heteroatoms. The number of rotatable bonds is 3. The summed E-state index contributed by atoms with van der Waals surface area (Å²) in [6, 6.07) is 9.83. The van der Waals surface area contributed by atoms with Crippen LogP contribution in [0.3, 0.4) is 0 Å². The van der Waals surface area contributed by atoms with Crippen molar-refractivity contribution in [3.8, 4) is 11.5 Å². The molecule has 0 spiro atoms. The monoisotopic (exact) mass is 354 g/mol. The van der Waals surface area contributed by atoms with Gasteiger partial charge in [0.25, 0.3) is 0 Å². The van der Waals surface area contributed by atoms with Crippen LogP contribution in [0.25, 0.3) is 0 Å². The molecule has 0 unspecified atom stereocenters. The largest absolute Gasteiger partial charge is 0.451 e. The van der Waals surface area contributed by atoms with E-state index in [4.69, 9.17) is 4.74 Å². The second-order valence-electron chi connectivity index (χ2n) is 5.87. The molecule has 0 aliphatic rings. The van der Waals surface area contributed by atoms with E-state index in [-0.39, 0.29) is 11.2 Å². The second kappa shape index (κ2) is 6.14. The number of hydrogen-bond acceptors (Lipinski definition) is 1. The summed E-state index contributed by atoms with van der Waals surface area (Å²) in [5.41, 5.74) is 1.24. The van der Waals surface area contributed by atoms with Crippen LogP contribution in [0.5, 0.6) is 11.5 Å². The summed E-state index contributed by atoms with van der Waals surface area (Å²) in [4.78, 5) is 0. The molecule has 0 aliphatic carbocycles. The summed E-state index contributed by atoms with van der Waals surface area (Å²) in [5, 5.41) is 0.389. The summed E-state index contributed by atoms with van der Waals surface area (Å²) >= 11 is 3.18. The first kappa shape index (κ1) is 16.0. The Bertz CT molecular complexity index is 624. The van der Waals surface area contributed by atoms with Crippen molar-refractivity contribution in [3.05, 3.63) is 59.2 Å². The maximum absolute atomic E-state index is 14.0. The van der Waals surface area contributed by atoms with Gasteiger partial charge in [-0.15, -0.1) is 0 Å². The predicted molar refractivity (Wildman–Crippen MR) is 84.2 cm³/mol. The van der Waals surface area contributed by atoms with Gasteiger partial charge < -0.3 is 4.74 Å². The van der Waals surface area contributed by atoms with Crippen molar-refractivity contribution in [2.24, 2.45) is 0 Å². The Morgan fingerprint density at radius 1 is 1.05 bits per heavy atom. The fraction of sp³-hybridized carbons (Fsp3) is 0.294. The van der Waals surface area contributed by atoms with E-state index >= 15 is 0 Å². The highest BCUT2D eigenvalue weighted by molar-refractivity contribution is 9.08. The fourth-order valence-corrected chi connectivity index (χ4v) is 2.40. The minimum atomic E-state index is -0.701. The average molecular weight is 355 g/mol. The first-order chi connectivity index (χ1) is 9.82. The Morgan fingerprint density at radius 2 is 1.62 bits per heavy atom. The highest BCUT2D eigenvalue weighted by Crippen LogP contribution is 2.36. The van der Waals surface area contributed by atoms with Gasteiger partial charge in [0.1, 0.15) is 5.75 Å². The van der Waals surface area contributed by atoms with Gasteiger partial charge in [-0.25, -0.2) is 8.78 Å². The average Bonchev–Trinajstić information content (AvgIpc) is 2.42. The Labute approximate surface area is 132 Å². The van der Waals surface area contributed by atoms with Crippen LogP contribution in [0.15, 0.2) is 36.4 Å². The molecule has 112 valence electrons. The highest BCUT2D eigenvalue weighted by atomic mass is 79.9. The van der Waals surface area contributed by atoms with Crippen molar-refractivity contribution in [2.75, 3.05) is 0 Å². The third-order valence-electron chi connectivity index (χ3n) is 3.12. The van der Waals surface area contributed by atoms with E-state index in [9.17, 15) is 8.78 Å². The fourth-order valence-electron chi connectivity index (χ4n) is 2.07. The van der Waals surface area contributed by atoms with Gasteiger partial charge in [0, 0.05) is 10.9 Å². The normalized spacial score (nSPS) is 11.5. The van der Waals surface area contributed by atoms with Crippen molar-refractivity contribution in [2.45, 2.75) is 31.5 Å². The van der Waals surface area contributed by atoms with Gasteiger partial charge >= 0.3 is 0 Å². The lowest BCUT2D eigenvalue weighted by Crippen LogP contribution is -2.12. The van der Waals surface area contributed by atoms with Crippen LogP contribution in [0, 0.1) is 11.6 Å².